The van der Waals surface area contributed by atoms with E-state index in [0.29, 0.717) is 20.9 Å². The minimum Gasteiger partial charge on any atom is -0.406 e. The van der Waals surface area contributed by atoms with E-state index in [9.17, 15) is 26.7 Å². The number of amides is 1. The van der Waals surface area contributed by atoms with Crippen molar-refractivity contribution in [3.05, 3.63) is 58.3 Å². The van der Waals surface area contributed by atoms with Gasteiger partial charge in [-0.25, -0.2) is 4.98 Å². The lowest BCUT2D eigenvalue weighted by Crippen LogP contribution is -2.17. The number of nitrogens with zero attached hydrogens (tertiary/aromatic N) is 2. The molecule has 0 saturated carbocycles. The number of ether oxygens (including phenoxy) is 1. The van der Waals surface area contributed by atoms with E-state index in [1.54, 1.807) is 19.1 Å². The first kappa shape index (κ1) is 22.8. The average Bonchev–Trinajstić information content (AvgIpc) is 3.26. The number of thiophene rings is 1. The molecule has 2 aromatic heterocycles. The second kappa shape index (κ2) is 9.10. The molecule has 0 bridgehead atoms. The summed E-state index contributed by atoms with van der Waals surface area (Å²) in [7, 11) is 0. The Balaban J connectivity index is 1.76. The smallest absolute Gasteiger partial charge is 0.406 e. The van der Waals surface area contributed by atoms with Crippen molar-refractivity contribution in [1.29, 1.82) is 0 Å². The van der Waals surface area contributed by atoms with Crippen LogP contribution in [0.3, 0.4) is 0 Å². The van der Waals surface area contributed by atoms with Gasteiger partial charge in [0.1, 0.15) is 11.6 Å². The van der Waals surface area contributed by atoms with Gasteiger partial charge in [-0.05, 0) is 43.2 Å². The largest absolute Gasteiger partial charge is 0.573 e. The van der Waals surface area contributed by atoms with Crippen molar-refractivity contribution in [2.45, 2.75) is 26.6 Å². The summed E-state index contributed by atoms with van der Waals surface area (Å²) in [5.74, 6) is -0.693. The van der Waals surface area contributed by atoms with Gasteiger partial charge in [0.15, 0.2) is 0 Å². The number of aromatic nitrogens is 2. The Labute approximate surface area is 181 Å². The maximum absolute atomic E-state index is 12.6. The van der Waals surface area contributed by atoms with Gasteiger partial charge >= 0.3 is 6.36 Å². The molecule has 164 valence electrons. The van der Waals surface area contributed by atoms with E-state index in [-0.39, 0.29) is 28.7 Å². The normalized spacial score (nSPS) is 11.3. The Morgan fingerprint density at radius 2 is 1.97 bits per heavy atom. The van der Waals surface area contributed by atoms with E-state index in [1.165, 1.54) is 36.5 Å². The number of hydrogen-bond acceptors (Lipinski definition) is 6. The van der Waals surface area contributed by atoms with E-state index in [2.05, 4.69) is 19.4 Å². The first-order chi connectivity index (χ1) is 14.5. The van der Waals surface area contributed by atoms with Crippen LogP contribution in [0, 0.1) is 6.92 Å². The van der Waals surface area contributed by atoms with Crippen LogP contribution in [-0.4, -0.2) is 21.6 Å². The number of anilines is 1. The summed E-state index contributed by atoms with van der Waals surface area (Å²) in [5, 5.41) is 2.72. The lowest BCUT2D eigenvalue weighted by molar-refractivity contribution is -0.274. The highest BCUT2D eigenvalue weighted by molar-refractivity contribution is 7.15. The van der Waals surface area contributed by atoms with Crippen LogP contribution in [0.15, 0.2) is 42.0 Å². The van der Waals surface area contributed by atoms with Crippen molar-refractivity contribution in [1.82, 2.24) is 9.36 Å². The minimum absolute atomic E-state index is 0.132. The van der Waals surface area contributed by atoms with Crippen molar-refractivity contribution in [3.63, 3.8) is 0 Å². The molecule has 0 unspecified atom stereocenters. The second-order valence-electron chi connectivity index (χ2n) is 6.34. The molecule has 0 fully saturated rings. The van der Waals surface area contributed by atoms with E-state index < -0.39 is 18.4 Å². The minimum atomic E-state index is -4.81. The highest BCUT2D eigenvalue weighted by Crippen LogP contribution is 2.34. The molecule has 5 nitrogen and oxygen atoms in total. The lowest BCUT2D eigenvalue weighted by Gasteiger charge is -2.09. The molecular weight excluding hydrogens is 461 g/mol. The summed E-state index contributed by atoms with van der Waals surface area (Å²) in [5.41, 5.74) is 0.609. The third-order valence-corrected chi connectivity index (χ3v) is 5.72. The topological polar surface area (TPSA) is 64.1 Å². The zero-order valence-corrected chi connectivity index (χ0v) is 17.6. The van der Waals surface area contributed by atoms with Crippen LogP contribution in [0.25, 0.3) is 10.4 Å². The molecule has 3 aromatic rings. The number of carbonyl (C=O) groups excluding carboxylic acids is 1. The summed E-state index contributed by atoms with van der Waals surface area (Å²) in [6.45, 7) is 2.96. The standard InChI is InChI=1S/C19H14F5N3O2S2/c1-9(16(20)21)6-15-25-18(31-27-15)26-17(28)13-8-14(30-10(13)2)11-4-3-5-12(7-11)29-19(22,23)24/h3-5,7-8H,6H2,1-2H3,(H,25,26,27,28). The molecule has 0 saturated heterocycles. The molecule has 12 heteroatoms. The van der Waals surface area contributed by atoms with Gasteiger partial charge in [-0.3, -0.25) is 10.1 Å². The predicted molar refractivity (Wildman–Crippen MR) is 108 cm³/mol. The van der Waals surface area contributed by atoms with Crippen molar-refractivity contribution in [3.8, 4) is 16.2 Å². The summed E-state index contributed by atoms with van der Waals surface area (Å²) in [4.78, 5) is 17.8. The van der Waals surface area contributed by atoms with E-state index in [1.807, 2.05) is 0 Å². The van der Waals surface area contributed by atoms with Gasteiger partial charge in [-0.15, -0.1) is 24.5 Å². The third-order valence-electron chi connectivity index (χ3n) is 3.95. The molecule has 0 aliphatic carbocycles. The maximum Gasteiger partial charge on any atom is 0.573 e. The highest BCUT2D eigenvalue weighted by Gasteiger charge is 2.31. The number of rotatable bonds is 6. The van der Waals surface area contributed by atoms with E-state index in [4.69, 9.17) is 0 Å². The van der Waals surface area contributed by atoms with Gasteiger partial charge in [-0.2, -0.15) is 13.2 Å². The molecule has 1 aromatic carbocycles. The van der Waals surface area contributed by atoms with Gasteiger partial charge < -0.3 is 4.74 Å². The number of hydrogen-bond donors (Lipinski definition) is 1. The fourth-order valence-corrected chi connectivity index (χ4v) is 4.14. The summed E-state index contributed by atoms with van der Waals surface area (Å²) >= 11 is 2.09. The molecule has 0 spiro atoms. The molecule has 0 aliphatic heterocycles. The van der Waals surface area contributed by atoms with Crippen molar-refractivity contribution < 1.29 is 31.5 Å². The zero-order chi connectivity index (χ0) is 22.8. The van der Waals surface area contributed by atoms with Gasteiger partial charge in [0.2, 0.25) is 5.13 Å². The first-order valence-electron chi connectivity index (χ1n) is 8.63. The lowest BCUT2D eigenvalue weighted by atomic mass is 10.1. The van der Waals surface area contributed by atoms with Crippen LogP contribution in [0.1, 0.15) is 28.0 Å². The molecule has 0 aliphatic rings. The average molecular weight is 475 g/mol. The van der Waals surface area contributed by atoms with Crippen molar-refractivity contribution >= 4 is 33.9 Å². The molecule has 2 heterocycles. The number of aryl methyl sites for hydroxylation is 1. The van der Waals surface area contributed by atoms with Crippen LogP contribution in [0.4, 0.5) is 27.1 Å². The molecule has 1 amide bonds. The fraction of sp³-hybridized carbons (Fsp3) is 0.211. The van der Waals surface area contributed by atoms with Gasteiger partial charge in [0, 0.05) is 27.7 Å². The van der Waals surface area contributed by atoms with Crippen LogP contribution in [-0.2, 0) is 6.42 Å². The quantitative estimate of drug-likeness (QED) is 0.417. The Hall–Kier alpha value is -2.86. The monoisotopic (exact) mass is 475 g/mol. The van der Waals surface area contributed by atoms with Gasteiger partial charge in [0.25, 0.3) is 12.0 Å². The SMILES string of the molecule is CC(Cc1nsc(NC(=O)c2cc(-c3cccc(OC(F)(F)F)c3)sc2C)n1)=C(F)F. The van der Waals surface area contributed by atoms with E-state index in [0.717, 1.165) is 11.5 Å². The molecule has 31 heavy (non-hydrogen) atoms. The van der Waals surface area contributed by atoms with Gasteiger partial charge in [0.05, 0.1) is 5.56 Å². The number of halogens is 5. The van der Waals surface area contributed by atoms with Crippen molar-refractivity contribution in [2.24, 2.45) is 0 Å². The molecule has 3 rings (SSSR count). The Bertz CT molecular complexity index is 1130. The zero-order valence-electron chi connectivity index (χ0n) is 16.0. The summed E-state index contributed by atoms with van der Waals surface area (Å²) in [6, 6.07) is 6.99. The molecule has 0 atom stereocenters. The Morgan fingerprint density at radius 3 is 2.65 bits per heavy atom. The van der Waals surface area contributed by atoms with Crippen LogP contribution in [0.2, 0.25) is 0 Å². The fourth-order valence-electron chi connectivity index (χ4n) is 2.54. The number of nitrogens with one attached hydrogen (secondary N) is 1. The van der Waals surface area contributed by atoms with E-state index >= 15 is 0 Å². The summed E-state index contributed by atoms with van der Waals surface area (Å²) in [6.07, 6.45) is -6.74. The number of benzene rings is 1. The summed E-state index contributed by atoms with van der Waals surface area (Å²) < 4.78 is 70.3. The Morgan fingerprint density at radius 1 is 1.23 bits per heavy atom. The first-order valence-corrected chi connectivity index (χ1v) is 10.2. The third kappa shape index (κ3) is 6.07. The molecular formula is C19H14F5N3O2S2. The molecule has 1 N–H and O–H groups in total. The maximum atomic E-state index is 12.6. The van der Waals surface area contributed by atoms with Crippen LogP contribution in [0.5, 0.6) is 5.75 Å². The predicted octanol–water partition coefficient (Wildman–Crippen LogP) is 6.44. The van der Waals surface area contributed by atoms with Crippen LogP contribution >= 0.6 is 22.9 Å². The highest BCUT2D eigenvalue weighted by atomic mass is 32.1. The number of carbonyl (C=O) groups is 1. The second-order valence-corrected chi connectivity index (χ2v) is 8.35. The van der Waals surface area contributed by atoms with Crippen molar-refractivity contribution in [2.75, 3.05) is 5.32 Å². The Kier molecular flexibility index (Phi) is 6.70. The number of alkyl halides is 3. The van der Waals surface area contributed by atoms with Gasteiger partial charge in [-0.1, -0.05) is 12.1 Å². The number of allylic oxidation sites excluding steroid dienone is 1. The van der Waals surface area contributed by atoms with Crippen LogP contribution < -0.4 is 10.1 Å². The molecule has 0 radical (unpaired) electrons.